The number of anilines is 1. The molecular formula is C24H20FN3O4. The Hall–Kier alpha value is -4.20. The van der Waals surface area contributed by atoms with E-state index in [9.17, 15) is 14.0 Å². The summed E-state index contributed by atoms with van der Waals surface area (Å²) in [6.07, 6.45) is 0. The molecule has 0 saturated heterocycles. The van der Waals surface area contributed by atoms with Crippen molar-refractivity contribution in [3.05, 3.63) is 83.9 Å². The Morgan fingerprint density at radius 3 is 2.50 bits per heavy atom. The Labute approximate surface area is 183 Å². The molecule has 1 heterocycles. The third kappa shape index (κ3) is 4.15. The van der Waals surface area contributed by atoms with Gasteiger partial charge in [-0.3, -0.25) is 9.59 Å². The molecule has 4 aromatic rings. The fraction of sp³-hybridized carbons (Fsp3) is 0.125. The van der Waals surface area contributed by atoms with Crippen molar-refractivity contribution in [2.75, 3.05) is 19.5 Å². The van der Waals surface area contributed by atoms with Crippen molar-refractivity contribution < 1.29 is 23.5 Å². The molecule has 0 aliphatic heterocycles. The van der Waals surface area contributed by atoms with E-state index in [-0.39, 0.29) is 23.8 Å². The van der Waals surface area contributed by atoms with Crippen LogP contribution < -0.4 is 14.8 Å². The van der Waals surface area contributed by atoms with Crippen LogP contribution in [0, 0.1) is 5.82 Å². The molecule has 0 fully saturated rings. The molecule has 0 unspecified atom stereocenters. The van der Waals surface area contributed by atoms with E-state index in [4.69, 9.17) is 9.47 Å². The van der Waals surface area contributed by atoms with Gasteiger partial charge in [0, 0.05) is 17.3 Å². The second-order valence-electron chi connectivity index (χ2n) is 6.97. The smallest absolute Gasteiger partial charge is 0.244 e. The predicted molar refractivity (Wildman–Crippen MR) is 118 cm³/mol. The number of ketones is 1. The van der Waals surface area contributed by atoms with Gasteiger partial charge >= 0.3 is 0 Å². The molecule has 0 radical (unpaired) electrons. The minimum atomic E-state index is -0.523. The SMILES string of the molecule is COc1ccc(NC(=O)Cn2c(C(=O)c3cccc(F)c3)nc3ccccc32)cc1OC. The van der Waals surface area contributed by atoms with E-state index in [1.54, 1.807) is 42.5 Å². The Balaban J connectivity index is 1.66. The van der Waals surface area contributed by atoms with Gasteiger partial charge in [0.2, 0.25) is 11.7 Å². The van der Waals surface area contributed by atoms with Crippen LogP contribution >= 0.6 is 0 Å². The molecule has 32 heavy (non-hydrogen) atoms. The molecule has 3 aromatic carbocycles. The number of aromatic nitrogens is 2. The molecule has 1 N–H and O–H groups in total. The summed E-state index contributed by atoms with van der Waals surface area (Å²) in [5, 5.41) is 2.79. The number of para-hydroxylation sites is 2. The van der Waals surface area contributed by atoms with E-state index in [1.165, 1.54) is 37.0 Å². The summed E-state index contributed by atoms with van der Waals surface area (Å²) in [5.41, 5.74) is 1.85. The first-order valence-corrected chi connectivity index (χ1v) is 9.77. The minimum Gasteiger partial charge on any atom is -0.493 e. The third-order valence-corrected chi connectivity index (χ3v) is 4.91. The molecule has 1 amide bonds. The number of fused-ring (bicyclic) bond motifs is 1. The molecule has 0 aliphatic carbocycles. The highest BCUT2D eigenvalue weighted by Gasteiger charge is 2.21. The van der Waals surface area contributed by atoms with Gasteiger partial charge in [0.25, 0.3) is 0 Å². The van der Waals surface area contributed by atoms with Crippen molar-refractivity contribution in [1.29, 1.82) is 0 Å². The van der Waals surface area contributed by atoms with Crippen LogP contribution in [0.2, 0.25) is 0 Å². The number of halogens is 1. The van der Waals surface area contributed by atoms with E-state index in [2.05, 4.69) is 10.3 Å². The van der Waals surface area contributed by atoms with E-state index in [0.29, 0.717) is 28.2 Å². The second-order valence-corrected chi connectivity index (χ2v) is 6.97. The summed E-state index contributed by atoms with van der Waals surface area (Å²) in [4.78, 5) is 30.3. The zero-order valence-electron chi connectivity index (χ0n) is 17.5. The fourth-order valence-corrected chi connectivity index (χ4v) is 3.43. The lowest BCUT2D eigenvalue weighted by Gasteiger charge is -2.12. The lowest BCUT2D eigenvalue weighted by Crippen LogP contribution is -2.22. The van der Waals surface area contributed by atoms with E-state index >= 15 is 0 Å². The van der Waals surface area contributed by atoms with Gasteiger partial charge in [-0.1, -0.05) is 24.3 Å². The number of ether oxygens (including phenoxy) is 2. The largest absolute Gasteiger partial charge is 0.493 e. The summed E-state index contributed by atoms with van der Waals surface area (Å²) >= 11 is 0. The first kappa shape index (κ1) is 21.0. The fourth-order valence-electron chi connectivity index (χ4n) is 3.43. The second kappa shape index (κ2) is 8.89. The van der Waals surface area contributed by atoms with Crippen molar-refractivity contribution in [2.24, 2.45) is 0 Å². The lowest BCUT2D eigenvalue weighted by atomic mass is 10.1. The number of methoxy groups -OCH3 is 2. The molecule has 0 aliphatic rings. The molecule has 7 nitrogen and oxygen atoms in total. The minimum absolute atomic E-state index is 0.0549. The van der Waals surface area contributed by atoms with Crippen LogP contribution in [0.3, 0.4) is 0 Å². The molecule has 1 aromatic heterocycles. The van der Waals surface area contributed by atoms with Gasteiger partial charge in [0.15, 0.2) is 17.3 Å². The Morgan fingerprint density at radius 1 is 0.969 bits per heavy atom. The van der Waals surface area contributed by atoms with Crippen LogP contribution in [-0.4, -0.2) is 35.5 Å². The number of carbonyl (C=O) groups excluding carboxylic acids is 2. The number of rotatable bonds is 7. The van der Waals surface area contributed by atoms with Gasteiger partial charge < -0.3 is 19.4 Å². The highest BCUT2D eigenvalue weighted by molar-refractivity contribution is 6.08. The summed E-state index contributed by atoms with van der Waals surface area (Å²) in [6.45, 7) is -0.161. The number of benzene rings is 3. The number of nitrogens with zero attached hydrogens (tertiary/aromatic N) is 2. The first-order valence-electron chi connectivity index (χ1n) is 9.77. The van der Waals surface area contributed by atoms with Crippen LogP contribution in [-0.2, 0) is 11.3 Å². The maximum absolute atomic E-state index is 13.7. The summed E-state index contributed by atoms with van der Waals surface area (Å²) in [6, 6.07) is 17.5. The molecule has 0 saturated carbocycles. The van der Waals surface area contributed by atoms with Gasteiger partial charge in [-0.25, -0.2) is 9.37 Å². The van der Waals surface area contributed by atoms with E-state index in [1.807, 2.05) is 0 Å². The van der Waals surface area contributed by atoms with Crippen molar-refractivity contribution >= 4 is 28.4 Å². The first-order chi connectivity index (χ1) is 15.5. The lowest BCUT2D eigenvalue weighted by molar-refractivity contribution is -0.116. The normalized spacial score (nSPS) is 10.7. The molecule has 0 atom stereocenters. The van der Waals surface area contributed by atoms with Gasteiger partial charge in [0.1, 0.15) is 12.4 Å². The molecule has 0 spiro atoms. The molecule has 162 valence electrons. The predicted octanol–water partition coefficient (Wildman–Crippen LogP) is 4.06. The van der Waals surface area contributed by atoms with Gasteiger partial charge in [-0.05, 0) is 36.4 Å². The number of imidazole rings is 1. The summed E-state index contributed by atoms with van der Waals surface area (Å²) in [5.74, 6) is -0.299. The van der Waals surface area contributed by atoms with Crippen LogP contribution in [0.4, 0.5) is 10.1 Å². The Kier molecular flexibility index (Phi) is 5.85. The van der Waals surface area contributed by atoms with E-state index in [0.717, 1.165) is 6.07 Å². The van der Waals surface area contributed by atoms with Crippen LogP contribution in [0.25, 0.3) is 11.0 Å². The van der Waals surface area contributed by atoms with Crippen molar-refractivity contribution in [2.45, 2.75) is 6.54 Å². The van der Waals surface area contributed by atoms with Crippen molar-refractivity contribution in [3.8, 4) is 11.5 Å². The number of amides is 1. The van der Waals surface area contributed by atoms with Gasteiger partial charge in [-0.2, -0.15) is 0 Å². The zero-order valence-corrected chi connectivity index (χ0v) is 17.5. The maximum Gasteiger partial charge on any atom is 0.244 e. The van der Waals surface area contributed by atoms with Crippen molar-refractivity contribution in [1.82, 2.24) is 9.55 Å². The Bertz CT molecular complexity index is 1320. The highest BCUT2D eigenvalue weighted by atomic mass is 19.1. The highest BCUT2D eigenvalue weighted by Crippen LogP contribution is 2.29. The van der Waals surface area contributed by atoms with E-state index < -0.39 is 11.6 Å². The average molecular weight is 433 g/mol. The standard InChI is InChI=1S/C24H20FN3O4/c1-31-20-11-10-17(13-21(20)32-2)26-22(29)14-28-19-9-4-3-8-18(19)27-24(28)23(30)15-6-5-7-16(25)12-15/h3-13H,14H2,1-2H3,(H,26,29). The molecular weight excluding hydrogens is 413 g/mol. The van der Waals surface area contributed by atoms with Crippen LogP contribution in [0.5, 0.6) is 11.5 Å². The molecule has 0 bridgehead atoms. The van der Waals surface area contributed by atoms with Gasteiger partial charge in [-0.15, -0.1) is 0 Å². The maximum atomic E-state index is 13.7. The monoisotopic (exact) mass is 433 g/mol. The number of nitrogens with one attached hydrogen (secondary N) is 1. The summed E-state index contributed by atoms with van der Waals surface area (Å²) < 4.78 is 25.7. The topological polar surface area (TPSA) is 82.5 Å². The Morgan fingerprint density at radius 2 is 1.75 bits per heavy atom. The number of hydrogen-bond acceptors (Lipinski definition) is 5. The van der Waals surface area contributed by atoms with Crippen molar-refractivity contribution in [3.63, 3.8) is 0 Å². The van der Waals surface area contributed by atoms with Crippen LogP contribution in [0.15, 0.2) is 66.7 Å². The number of hydrogen-bond donors (Lipinski definition) is 1. The van der Waals surface area contributed by atoms with Crippen LogP contribution in [0.1, 0.15) is 16.2 Å². The van der Waals surface area contributed by atoms with Gasteiger partial charge in [0.05, 0.1) is 25.3 Å². The third-order valence-electron chi connectivity index (χ3n) is 4.91. The number of carbonyl (C=O) groups is 2. The molecule has 4 rings (SSSR count). The average Bonchev–Trinajstić information content (AvgIpc) is 3.16. The summed E-state index contributed by atoms with van der Waals surface area (Å²) in [7, 11) is 3.03. The molecule has 8 heteroatoms. The zero-order chi connectivity index (χ0) is 22.7. The quantitative estimate of drug-likeness (QED) is 0.445.